The van der Waals surface area contributed by atoms with Crippen molar-refractivity contribution < 1.29 is 24.7 Å². The van der Waals surface area contributed by atoms with Crippen molar-refractivity contribution in [2.24, 2.45) is 11.1 Å². The van der Waals surface area contributed by atoms with Crippen LogP contribution < -0.4 is 5.90 Å². The Hall–Kier alpha value is -3.02. The van der Waals surface area contributed by atoms with Crippen molar-refractivity contribution in [1.82, 2.24) is 0 Å². The van der Waals surface area contributed by atoms with E-state index in [0.29, 0.717) is 13.2 Å². The van der Waals surface area contributed by atoms with Gasteiger partial charge in [-0.25, -0.2) is 5.90 Å². The molecule has 0 spiro atoms. The van der Waals surface area contributed by atoms with E-state index in [4.69, 9.17) is 15.1 Å². The first-order chi connectivity index (χ1) is 9.92. The first-order valence-electron chi connectivity index (χ1n) is 7.06. The fourth-order valence-corrected chi connectivity index (χ4v) is 0.750. The summed E-state index contributed by atoms with van der Waals surface area (Å²) >= 11 is 0. The molecule has 0 fully saturated rings. The van der Waals surface area contributed by atoms with Crippen LogP contribution in [0.5, 0.6) is 0 Å². The third kappa shape index (κ3) is 132. The van der Waals surface area contributed by atoms with Gasteiger partial charge in [0.15, 0.2) is 0 Å². The van der Waals surface area contributed by atoms with E-state index in [9.17, 15) is 4.79 Å². The second-order valence-corrected chi connectivity index (χ2v) is 4.51. The molecule has 0 aliphatic carbocycles. The Morgan fingerprint density at radius 3 is 1.50 bits per heavy atom. The molecule has 0 saturated heterocycles. The zero-order valence-corrected chi connectivity index (χ0v) is 30.1. The number of hydrogen-bond acceptors (Lipinski definition) is 7. The molecule has 0 atom stereocenters. The van der Waals surface area contributed by atoms with Crippen LogP contribution in [0, 0.1) is 14.9 Å². The number of carbonyl (C=O) groups excluding carboxylic acids is 1. The summed E-state index contributed by atoms with van der Waals surface area (Å²) in [5.74, 6) is 4.85. The van der Waals surface area contributed by atoms with Crippen molar-refractivity contribution in [2.45, 2.75) is 60.8 Å². The summed E-state index contributed by atoms with van der Waals surface area (Å²) in [6.45, 7) is 8.42. The van der Waals surface area contributed by atoms with Crippen LogP contribution in [0.2, 0.25) is 0 Å². The summed E-state index contributed by atoms with van der Waals surface area (Å²) in [6.07, 6.45) is 3.27. The summed E-state index contributed by atoms with van der Waals surface area (Å²) < 4.78 is 0. The van der Waals surface area contributed by atoms with Gasteiger partial charge in [0, 0.05) is 13.2 Å². The summed E-state index contributed by atoms with van der Waals surface area (Å²) in [7, 11) is 0. The first kappa shape index (κ1) is 49.5. The molecule has 26 heavy (non-hydrogen) atoms. The second kappa shape index (κ2) is 49.5. The number of rotatable bonds is 9. The number of unbranched alkanes of at least 4 members (excludes halogenated alkanes) is 2. The van der Waals surface area contributed by atoms with Gasteiger partial charge in [-0.05, 0) is 53.4 Å². The van der Waals surface area contributed by atoms with E-state index < -0.39 is 0 Å². The largest absolute Gasteiger partial charge is 0.396 e. The molecule has 0 aliphatic heterocycles. The fraction of sp³-hybridized carbons (Fsp3) is 0.765. The van der Waals surface area contributed by atoms with Gasteiger partial charge in [0.25, 0.3) is 0 Å². The smallest absolute Gasteiger partial charge is 0.126 e. The monoisotopic (exact) mass is 891 g/mol. The molecule has 0 aromatic rings. The van der Waals surface area contributed by atoms with Gasteiger partial charge in [0.2, 0.25) is 0 Å². The van der Waals surface area contributed by atoms with Gasteiger partial charge in [-0.1, -0.05) is 12.6 Å². The Balaban J connectivity index is -0.0000000304. The first-order valence-corrected chi connectivity index (χ1v) is 7.06. The van der Waals surface area contributed by atoms with Gasteiger partial charge in [-0.3, -0.25) is 0 Å². The van der Waals surface area contributed by atoms with E-state index in [2.05, 4.69) is 15.9 Å². The normalized spacial score (nSPS) is 7.04. The number of Topliss-reactive ketones (excluding diaryl/α,β-unsaturated/α-hetero) is 1. The van der Waals surface area contributed by atoms with Crippen molar-refractivity contribution in [3.05, 3.63) is 14.9 Å². The molecule has 0 heterocycles. The van der Waals surface area contributed by atoms with Crippen LogP contribution in [0.3, 0.4) is 0 Å². The molecule has 4 N–H and O–H groups in total. The summed E-state index contributed by atoms with van der Waals surface area (Å²) in [4.78, 5) is 18.6. The number of oxime groups is 1. The van der Waals surface area contributed by atoms with Crippen LogP contribution in [0.15, 0.2) is 5.16 Å². The van der Waals surface area contributed by atoms with Gasteiger partial charge < -0.3 is 39.5 Å². The zero-order chi connectivity index (χ0) is 16.9. The second-order valence-electron chi connectivity index (χ2n) is 4.51. The van der Waals surface area contributed by atoms with E-state index in [1.54, 1.807) is 0 Å². The Kier molecular flexibility index (Phi) is 94.2. The zero-order valence-electron chi connectivity index (χ0n) is 17.2. The molecule has 7 nitrogen and oxygen atoms in total. The quantitative estimate of drug-likeness (QED) is 0.142. The Morgan fingerprint density at radius 1 is 0.885 bits per heavy atom. The van der Waals surface area contributed by atoms with Crippen molar-refractivity contribution in [3.63, 3.8) is 0 Å². The Morgan fingerprint density at radius 2 is 1.23 bits per heavy atom. The van der Waals surface area contributed by atoms with Crippen LogP contribution >= 0.6 is 0 Å². The van der Waals surface area contributed by atoms with Gasteiger partial charge >= 0.3 is 0 Å². The van der Waals surface area contributed by atoms with E-state index in [-0.39, 0.29) is 41.3 Å². The SMILES string of the molecule is C.CC(C)=NOCCCCO.CC(C)=O.NOCCCCO.[CH3-].[CH3-].[Db].[Db]. The van der Waals surface area contributed by atoms with Gasteiger partial charge in [0.1, 0.15) is 12.4 Å². The number of aliphatic hydroxyl groups is 2. The minimum atomic E-state index is 0. The molecule has 156 valence electrons. The van der Waals surface area contributed by atoms with Gasteiger partial charge in [0.05, 0.1) is 12.3 Å². The molecule has 9 heteroatoms. The van der Waals surface area contributed by atoms with Crippen molar-refractivity contribution in [2.75, 3.05) is 26.4 Å². The minimum Gasteiger partial charge on any atom is -0.396 e. The molecule has 0 aromatic heterocycles. The number of hydrogen-bond donors (Lipinski definition) is 3. The Bertz CT molecular complexity index is 235. The summed E-state index contributed by atoms with van der Waals surface area (Å²) in [5, 5.41) is 20.3. The van der Waals surface area contributed by atoms with Crippen LogP contribution in [-0.2, 0) is 14.5 Å². The molecule has 0 aromatic carbocycles. The van der Waals surface area contributed by atoms with Crippen molar-refractivity contribution in [3.8, 4) is 0 Å². The molecular formula is C17H42Db2N2O5-2. The standard InChI is InChI=1S/C7H15NO2.C4H11NO2.C3H6O.CH4.2CH3.2Db/c1-7(2)8-10-6-4-3-5-9;5-7-4-2-1-3-6;1-3(2)4;;;;;/h9H,3-6H2,1-2H3;6H,1-5H2;1-2H3;1H4;2*1H3;;/q;;;;2*-1;;. The van der Waals surface area contributed by atoms with Crippen LogP contribution in [0.1, 0.15) is 60.8 Å². The third-order valence-electron chi connectivity index (χ3n) is 1.56. The van der Waals surface area contributed by atoms with E-state index in [0.717, 1.165) is 31.4 Å². The average Bonchev–Trinajstić information content (AvgIpc) is 2.39. The summed E-state index contributed by atoms with van der Waals surface area (Å²) in [5.41, 5.74) is 0.920. The number of nitrogens with zero attached hydrogens (tertiary/aromatic N) is 1. The molecule has 0 rings (SSSR count). The molecule has 0 unspecified atom stereocenters. The molecule has 0 saturated carbocycles. The molecular weight excluding hydrogens is 848 g/mol. The van der Waals surface area contributed by atoms with E-state index in [1.165, 1.54) is 13.8 Å². The minimum absolute atomic E-state index is 0. The molecule has 0 radical (unpaired) electrons. The van der Waals surface area contributed by atoms with Crippen LogP contribution in [-0.4, -0.2) is 48.1 Å². The van der Waals surface area contributed by atoms with E-state index in [1.807, 2.05) is 13.8 Å². The molecule has 0 aliphatic rings. The molecule has 0 bridgehead atoms. The maximum atomic E-state index is 9.44. The topological polar surface area (TPSA) is 114 Å². The third-order valence-corrected chi connectivity index (χ3v) is 1.56. The van der Waals surface area contributed by atoms with Crippen LogP contribution in [0.25, 0.3) is 0 Å². The Labute approximate surface area is 150 Å². The summed E-state index contributed by atoms with van der Waals surface area (Å²) in [6, 6.07) is 0. The molecule has 0 amide bonds. The predicted octanol–water partition coefficient (Wildman–Crippen LogP) is 2.95. The number of ketones is 1. The maximum absolute atomic E-state index is 9.44. The predicted molar refractivity (Wildman–Crippen MR) is 103 cm³/mol. The number of carbonyl (C=O) groups is 1. The van der Waals surface area contributed by atoms with Crippen LogP contribution in [0.4, 0.5) is 0 Å². The fourth-order valence-electron chi connectivity index (χ4n) is 0.750. The number of nitrogens with two attached hydrogens (primary N) is 1. The van der Waals surface area contributed by atoms with E-state index >= 15 is 0 Å². The van der Waals surface area contributed by atoms with Crippen molar-refractivity contribution >= 4 is 11.5 Å². The van der Waals surface area contributed by atoms with Gasteiger partial charge in [-0.15, -0.1) is 0 Å². The number of aliphatic hydroxyl groups excluding tert-OH is 2. The maximum Gasteiger partial charge on any atom is 0.126 e. The van der Waals surface area contributed by atoms with Gasteiger partial charge in [-0.2, -0.15) is 0 Å². The average molecular weight is 891 g/mol. The van der Waals surface area contributed by atoms with Crippen molar-refractivity contribution in [1.29, 1.82) is 0 Å².